The maximum absolute atomic E-state index is 12.5. The van der Waals surface area contributed by atoms with Gasteiger partial charge in [-0.15, -0.1) is 0 Å². The molecule has 6 heteroatoms. The Morgan fingerprint density at radius 1 is 1.12 bits per heavy atom. The van der Waals surface area contributed by atoms with Gasteiger partial charge >= 0.3 is 5.97 Å². The van der Waals surface area contributed by atoms with Gasteiger partial charge in [0.05, 0.1) is 5.56 Å². The topological polar surface area (TPSA) is 57.6 Å². The van der Waals surface area contributed by atoms with Crippen molar-refractivity contribution in [1.29, 1.82) is 0 Å². The SMILES string of the molecule is O=C(O)c1ccc(CCC(=O)N2CCc3cc(Cl)cc(Cl)c3C2)cc1. The lowest BCUT2D eigenvalue weighted by molar-refractivity contribution is -0.132. The molecule has 0 radical (unpaired) electrons. The fourth-order valence-electron chi connectivity index (χ4n) is 3.02. The molecule has 0 bridgehead atoms. The molecule has 1 N–H and O–H groups in total. The van der Waals surface area contributed by atoms with E-state index in [9.17, 15) is 9.59 Å². The first-order valence-corrected chi connectivity index (χ1v) is 8.76. The molecular weight excluding hydrogens is 361 g/mol. The van der Waals surface area contributed by atoms with E-state index in [1.54, 1.807) is 30.3 Å². The summed E-state index contributed by atoms with van der Waals surface area (Å²) < 4.78 is 0. The second-order valence-corrected chi connectivity index (χ2v) is 6.94. The van der Waals surface area contributed by atoms with Crippen LogP contribution in [0.15, 0.2) is 36.4 Å². The summed E-state index contributed by atoms with van der Waals surface area (Å²) in [5.41, 5.74) is 3.26. The first-order chi connectivity index (χ1) is 11.9. The Kier molecular flexibility index (Phi) is 5.30. The minimum Gasteiger partial charge on any atom is -0.478 e. The summed E-state index contributed by atoms with van der Waals surface area (Å²) in [6.07, 6.45) is 1.71. The lowest BCUT2D eigenvalue weighted by atomic mass is 9.99. The van der Waals surface area contributed by atoms with Crippen molar-refractivity contribution < 1.29 is 14.7 Å². The van der Waals surface area contributed by atoms with Crippen LogP contribution in [0, 0.1) is 0 Å². The molecule has 0 fully saturated rings. The molecule has 3 rings (SSSR count). The van der Waals surface area contributed by atoms with Gasteiger partial charge in [-0.05, 0) is 53.8 Å². The molecule has 0 atom stereocenters. The van der Waals surface area contributed by atoms with Crippen LogP contribution in [0.3, 0.4) is 0 Å². The second-order valence-electron chi connectivity index (χ2n) is 6.09. The van der Waals surface area contributed by atoms with Crippen molar-refractivity contribution in [2.24, 2.45) is 0 Å². The molecule has 0 aromatic heterocycles. The number of hydrogen-bond acceptors (Lipinski definition) is 2. The zero-order valence-corrected chi connectivity index (χ0v) is 15.0. The first-order valence-electron chi connectivity index (χ1n) is 8.01. The number of fused-ring (bicyclic) bond motifs is 1. The normalized spacial score (nSPS) is 13.4. The Bertz CT molecular complexity index is 818. The van der Waals surface area contributed by atoms with Crippen molar-refractivity contribution in [2.75, 3.05) is 6.54 Å². The fourth-order valence-corrected chi connectivity index (χ4v) is 3.61. The minimum atomic E-state index is -0.952. The lowest BCUT2D eigenvalue weighted by Crippen LogP contribution is -2.36. The molecule has 0 spiro atoms. The number of rotatable bonds is 4. The number of aromatic carboxylic acids is 1. The van der Waals surface area contributed by atoms with Crippen LogP contribution in [0.5, 0.6) is 0 Å². The average molecular weight is 378 g/mol. The van der Waals surface area contributed by atoms with E-state index in [0.29, 0.717) is 36.0 Å². The van der Waals surface area contributed by atoms with Crippen molar-refractivity contribution in [1.82, 2.24) is 4.90 Å². The Labute approximate surface area is 156 Å². The predicted octanol–water partition coefficient (Wildman–Crippen LogP) is 4.21. The summed E-state index contributed by atoms with van der Waals surface area (Å²) in [7, 11) is 0. The Morgan fingerprint density at radius 2 is 1.84 bits per heavy atom. The molecule has 1 aliphatic heterocycles. The van der Waals surface area contributed by atoms with Gasteiger partial charge in [0.15, 0.2) is 0 Å². The Morgan fingerprint density at radius 3 is 2.52 bits per heavy atom. The first kappa shape index (κ1) is 17.8. The van der Waals surface area contributed by atoms with Gasteiger partial charge in [0, 0.05) is 29.6 Å². The van der Waals surface area contributed by atoms with Gasteiger partial charge in [-0.3, -0.25) is 4.79 Å². The van der Waals surface area contributed by atoms with E-state index in [0.717, 1.165) is 23.1 Å². The zero-order valence-electron chi connectivity index (χ0n) is 13.5. The number of halogens is 2. The largest absolute Gasteiger partial charge is 0.478 e. The molecule has 2 aromatic carbocycles. The van der Waals surface area contributed by atoms with E-state index < -0.39 is 5.97 Å². The fraction of sp³-hybridized carbons (Fsp3) is 0.263. The van der Waals surface area contributed by atoms with Crippen LogP contribution in [0.1, 0.15) is 33.5 Å². The van der Waals surface area contributed by atoms with Crippen LogP contribution in [-0.4, -0.2) is 28.4 Å². The molecule has 0 saturated heterocycles. The maximum atomic E-state index is 12.5. The van der Waals surface area contributed by atoms with E-state index in [2.05, 4.69) is 0 Å². The molecular formula is C19H17Cl2NO3. The van der Waals surface area contributed by atoms with E-state index in [-0.39, 0.29) is 11.5 Å². The van der Waals surface area contributed by atoms with Crippen LogP contribution in [-0.2, 0) is 24.2 Å². The third kappa shape index (κ3) is 4.14. The number of amides is 1. The molecule has 1 aliphatic rings. The highest BCUT2D eigenvalue weighted by molar-refractivity contribution is 6.35. The summed E-state index contributed by atoms with van der Waals surface area (Å²) in [6.45, 7) is 1.16. The maximum Gasteiger partial charge on any atom is 0.335 e. The third-order valence-electron chi connectivity index (χ3n) is 4.43. The van der Waals surface area contributed by atoms with Gasteiger partial charge in [-0.1, -0.05) is 35.3 Å². The summed E-state index contributed by atoms with van der Waals surface area (Å²) >= 11 is 12.3. The van der Waals surface area contributed by atoms with Gasteiger partial charge in [0.1, 0.15) is 0 Å². The van der Waals surface area contributed by atoms with Gasteiger partial charge in [-0.25, -0.2) is 4.79 Å². The molecule has 4 nitrogen and oxygen atoms in total. The average Bonchev–Trinajstić information content (AvgIpc) is 2.59. The van der Waals surface area contributed by atoms with Gasteiger partial charge in [0.25, 0.3) is 0 Å². The highest BCUT2D eigenvalue weighted by Gasteiger charge is 2.22. The quantitative estimate of drug-likeness (QED) is 0.867. The highest BCUT2D eigenvalue weighted by atomic mass is 35.5. The van der Waals surface area contributed by atoms with Crippen molar-refractivity contribution in [3.05, 3.63) is 68.7 Å². The van der Waals surface area contributed by atoms with Gasteiger partial charge in [-0.2, -0.15) is 0 Å². The number of carbonyl (C=O) groups is 2. The van der Waals surface area contributed by atoms with E-state index in [4.69, 9.17) is 28.3 Å². The van der Waals surface area contributed by atoms with Crippen molar-refractivity contribution in [3.63, 3.8) is 0 Å². The van der Waals surface area contributed by atoms with E-state index in [1.165, 1.54) is 0 Å². The van der Waals surface area contributed by atoms with Crippen LogP contribution in [0.2, 0.25) is 10.0 Å². The van der Waals surface area contributed by atoms with Crippen LogP contribution in [0.4, 0.5) is 0 Å². The van der Waals surface area contributed by atoms with Crippen LogP contribution < -0.4 is 0 Å². The summed E-state index contributed by atoms with van der Waals surface area (Å²) in [4.78, 5) is 25.2. The molecule has 2 aromatic rings. The summed E-state index contributed by atoms with van der Waals surface area (Å²) in [5.74, 6) is -0.884. The number of aryl methyl sites for hydroxylation is 1. The monoisotopic (exact) mass is 377 g/mol. The number of carboxylic acids is 1. The minimum absolute atomic E-state index is 0.0685. The van der Waals surface area contributed by atoms with E-state index in [1.807, 2.05) is 11.0 Å². The smallest absolute Gasteiger partial charge is 0.335 e. The highest BCUT2D eigenvalue weighted by Crippen LogP contribution is 2.30. The van der Waals surface area contributed by atoms with Gasteiger partial charge in [0.2, 0.25) is 5.91 Å². The number of hydrogen-bond donors (Lipinski definition) is 1. The van der Waals surface area contributed by atoms with Crippen LogP contribution in [0.25, 0.3) is 0 Å². The Hall–Kier alpha value is -2.04. The van der Waals surface area contributed by atoms with E-state index >= 15 is 0 Å². The molecule has 25 heavy (non-hydrogen) atoms. The lowest BCUT2D eigenvalue weighted by Gasteiger charge is -2.29. The van der Waals surface area contributed by atoms with Gasteiger partial charge < -0.3 is 10.0 Å². The number of nitrogens with zero attached hydrogens (tertiary/aromatic N) is 1. The molecule has 0 saturated carbocycles. The van der Waals surface area contributed by atoms with Crippen molar-refractivity contribution in [3.8, 4) is 0 Å². The molecule has 0 aliphatic carbocycles. The number of carbonyl (C=O) groups excluding carboxylic acids is 1. The molecule has 1 amide bonds. The van der Waals surface area contributed by atoms with Crippen LogP contribution >= 0.6 is 23.2 Å². The Balaban J connectivity index is 1.61. The summed E-state index contributed by atoms with van der Waals surface area (Å²) in [6, 6.07) is 10.2. The molecule has 130 valence electrons. The molecule has 0 unspecified atom stereocenters. The zero-order chi connectivity index (χ0) is 18.0. The number of carboxylic acid groups (broad SMARTS) is 1. The summed E-state index contributed by atoms with van der Waals surface area (Å²) in [5, 5.41) is 10.1. The second kappa shape index (κ2) is 7.46. The molecule has 1 heterocycles. The van der Waals surface area contributed by atoms with Crippen molar-refractivity contribution >= 4 is 35.1 Å². The predicted molar refractivity (Wildman–Crippen MR) is 97.3 cm³/mol. The third-order valence-corrected chi connectivity index (χ3v) is 4.99. The standard InChI is InChI=1S/C19H17Cl2NO3/c20-15-9-14-7-8-22(11-16(14)17(21)10-15)18(23)6-3-12-1-4-13(5-2-12)19(24)25/h1-2,4-5,9-10H,3,6-8,11H2,(H,24,25). The van der Waals surface area contributed by atoms with Crippen molar-refractivity contribution in [2.45, 2.75) is 25.8 Å². The number of benzene rings is 2.